The van der Waals surface area contributed by atoms with Gasteiger partial charge in [-0.3, -0.25) is 0 Å². The molecule has 2 rings (SSSR count). The predicted molar refractivity (Wildman–Crippen MR) is 75.5 cm³/mol. The van der Waals surface area contributed by atoms with E-state index >= 15 is 0 Å². The van der Waals surface area contributed by atoms with Crippen LogP contribution in [0, 0.1) is 5.92 Å². The first-order chi connectivity index (χ1) is 8.61. The van der Waals surface area contributed by atoms with Crippen molar-refractivity contribution in [3.63, 3.8) is 0 Å². The van der Waals surface area contributed by atoms with Gasteiger partial charge in [-0.15, -0.1) is 0 Å². The van der Waals surface area contributed by atoms with Gasteiger partial charge < -0.3 is 15.4 Å². The third-order valence-electron chi connectivity index (χ3n) is 3.16. The number of rotatable bonds is 3. The number of methoxy groups -OCH3 is 1. The van der Waals surface area contributed by atoms with Gasteiger partial charge in [-0.25, -0.2) is 4.98 Å². The Morgan fingerprint density at radius 3 is 3.00 bits per heavy atom. The van der Waals surface area contributed by atoms with Crippen LogP contribution >= 0.6 is 23.2 Å². The molecule has 0 spiro atoms. The average molecular weight is 290 g/mol. The van der Waals surface area contributed by atoms with Gasteiger partial charge in [0.1, 0.15) is 11.6 Å². The van der Waals surface area contributed by atoms with Gasteiger partial charge in [0, 0.05) is 20.2 Å². The lowest BCUT2D eigenvalue weighted by Crippen LogP contribution is -2.37. The maximum absolute atomic E-state index is 6.18. The molecule has 18 heavy (non-hydrogen) atoms. The smallest absolute Gasteiger partial charge is 0.149 e. The summed E-state index contributed by atoms with van der Waals surface area (Å²) in [6, 6.07) is 1.65. The van der Waals surface area contributed by atoms with Crippen molar-refractivity contribution in [2.45, 2.75) is 12.8 Å². The summed E-state index contributed by atoms with van der Waals surface area (Å²) in [7, 11) is 1.73. The summed E-state index contributed by atoms with van der Waals surface area (Å²) in [5.41, 5.74) is 5.74. The molecule has 1 aliphatic heterocycles. The summed E-state index contributed by atoms with van der Waals surface area (Å²) in [5, 5.41) is 0.946. The van der Waals surface area contributed by atoms with E-state index < -0.39 is 0 Å². The lowest BCUT2D eigenvalue weighted by Gasteiger charge is -2.33. The predicted octanol–water partition coefficient (Wildman–Crippen LogP) is 2.83. The van der Waals surface area contributed by atoms with E-state index in [2.05, 4.69) is 9.88 Å². The van der Waals surface area contributed by atoms with E-state index in [0.717, 1.165) is 31.9 Å². The maximum Gasteiger partial charge on any atom is 0.149 e. The Morgan fingerprint density at radius 1 is 1.50 bits per heavy atom. The minimum Gasteiger partial charge on any atom is -0.384 e. The molecule has 1 aromatic rings. The third-order valence-corrected chi connectivity index (χ3v) is 3.74. The molecule has 1 aromatic heterocycles. The van der Waals surface area contributed by atoms with Gasteiger partial charge in [0.2, 0.25) is 0 Å². The molecule has 0 aliphatic carbocycles. The molecule has 1 unspecified atom stereocenters. The standard InChI is InChI=1S/C12H17Cl2N3O/c1-18-7-8-3-2-4-17(6-8)12-10(14)5-9(13)11(15)16-12/h5,8H,2-4,6-7H2,1H3,(H2,15,16). The largest absolute Gasteiger partial charge is 0.384 e. The van der Waals surface area contributed by atoms with E-state index in [4.69, 9.17) is 33.7 Å². The molecular formula is C12H17Cl2N3O. The highest BCUT2D eigenvalue weighted by atomic mass is 35.5. The molecule has 1 saturated heterocycles. The molecule has 1 fully saturated rings. The monoisotopic (exact) mass is 289 g/mol. The van der Waals surface area contributed by atoms with Crippen molar-refractivity contribution in [2.75, 3.05) is 37.4 Å². The van der Waals surface area contributed by atoms with Crippen molar-refractivity contribution in [2.24, 2.45) is 5.92 Å². The minimum absolute atomic E-state index is 0.324. The fraction of sp³-hybridized carbons (Fsp3) is 0.583. The second-order valence-corrected chi connectivity index (χ2v) is 5.38. The summed E-state index contributed by atoms with van der Waals surface area (Å²) >= 11 is 12.1. The number of pyridine rings is 1. The number of nitrogens with zero attached hydrogens (tertiary/aromatic N) is 2. The van der Waals surface area contributed by atoms with Crippen molar-refractivity contribution in [3.05, 3.63) is 16.1 Å². The van der Waals surface area contributed by atoms with E-state index in [1.165, 1.54) is 6.42 Å². The first-order valence-corrected chi connectivity index (χ1v) is 6.72. The first-order valence-electron chi connectivity index (χ1n) is 5.97. The summed E-state index contributed by atoms with van der Waals surface area (Å²) in [5.74, 6) is 1.56. The Hall–Kier alpha value is -0.710. The van der Waals surface area contributed by atoms with Gasteiger partial charge in [-0.2, -0.15) is 0 Å². The second-order valence-electron chi connectivity index (χ2n) is 4.57. The molecule has 1 atom stereocenters. The molecule has 1 aliphatic rings. The van der Waals surface area contributed by atoms with Gasteiger partial charge >= 0.3 is 0 Å². The van der Waals surface area contributed by atoms with Gasteiger partial charge in [-0.05, 0) is 24.8 Å². The first kappa shape index (κ1) is 13.7. The molecule has 0 amide bonds. The second kappa shape index (κ2) is 5.95. The molecule has 2 N–H and O–H groups in total. The van der Waals surface area contributed by atoms with E-state index in [9.17, 15) is 0 Å². The molecule has 4 nitrogen and oxygen atoms in total. The quantitative estimate of drug-likeness (QED) is 0.930. The van der Waals surface area contributed by atoms with Crippen molar-refractivity contribution in [1.82, 2.24) is 4.98 Å². The van der Waals surface area contributed by atoms with E-state index in [1.807, 2.05) is 0 Å². The number of ether oxygens (including phenoxy) is 1. The zero-order valence-electron chi connectivity index (χ0n) is 10.3. The number of anilines is 2. The number of halogens is 2. The fourth-order valence-corrected chi connectivity index (χ4v) is 2.80. The van der Waals surface area contributed by atoms with Crippen LogP contribution in [-0.4, -0.2) is 31.8 Å². The molecule has 0 bridgehead atoms. The van der Waals surface area contributed by atoms with Crippen molar-refractivity contribution >= 4 is 34.8 Å². The highest BCUT2D eigenvalue weighted by Gasteiger charge is 2.23. The molecule has 0 saturated carbocycles. The van der Waals surface area contributed by atoms with Crippen molar-refractivity contribution in [1.29, 1.82) is 0 Å². The third kappa shape index (κ3) is 2.99. The van der Waals surface area contributed by atoms with Crippen molar-refractivity contribution < 1.29 is 4.74 Å². The van der Waals surface area contributed by atoms with E-state index in [-0.39, 0.29) is 0 Å². The van der Waals surface area contributed by atoms with Crippen LogP contribution in [0.5, 0.6) is 0 Å². The number of nitrogens with two attached hydrogens (primary N) is 1. The summed E-state index contributed by atoms with van der Waals surface area (Å²) in [4.78, 5) is 6.44. The van der Waals surface area contributed by atoms with Crippen LogP contribution in [0.15, 0.2) is 6.07 Å². The van der Waals surface area contributed by atoms with Crippen molar-refractivity contribution in [3.8, 4) is 0 Å². The highest BCUT2D eigenvalue weighted by Crippen LogP contribution is 2.32. The topological polar surface area (TPSA) is 51.4 Å². The fourth-order valence-electron chi connectivity index (χ4n) is 2.32. The molecule has 0 aromatic carbocycles. The number of aromatic nitrogens is 1. The number of hydrogen-bond donors (Lipinski definition) is 1. The van der Waals surface area contributed by atoms with Crippen LogP contribution in [0.2, 0.25) is 10.0 Å². The summed E-state index contributed by atoms with van der Waals surface area (Å²) in [6.45, 7) is 2.59. The molecule has 2 heterocycles. The van der Waals surface area contributed by atoms with Gasteiger partial charge in [0.05, 0.1) is 16.7 Å². The van der Waals surface area contributed by atoms with Crippen LogP contribution in [-0.2, 0) is 4.74 Å². The lowest BCUT2D eigenvalue weighted by atomic mass is 9.99. The number of hydrogen-bond acceptors (Lipinski definition) is 4. The Balaban J connectivity index is 2.18. The van der Waals surface area contributed by atoms with Crippen LogP contribution < -0.4 is 10.6 Å². The van der Waals surface area contributed by atoms with Crippen LogP contribution in [0.1, 0.15) is 12.8 Å². The number of piperidine rings is 1. The lowest BCUT2D eigenvalue weighted by molar-refractivity contribution is 0.143. The van der Waals surface area contributed by atoms with E-state index in [0.29, 0.717) is 21.8 Å². The maximum atomic E-state index is 6.18. The zero-order valence-corrected chi connectivity index (χ0v) is 11.8. The van der Waals surface area contributed by atoms with Gasteiger partial charge in [-0.1, -0.05) is 23.2 Å². The zero-order chi connectivity index (χ0) is 13.1. The van der Waals surface area contributed by atoms with Crippen LogP contribution in [0.25, 0.3) is 0 Å². The molecular weight excluding hydrogens is 273 g/mol. The summed E-state index contributed by atoms with van der Waals surface area (Å²) < 4.78 is 5.21. The normalized spacial score (nSPS) is 20.2. The Kier molecular flexibility index (Phi) is 4.54. The highest BCUT2D eigenvalue weighted by molar-refractivity contribution is 6.37. The summed E-state index contributed by atoms with van der Waals surface area (Å²) in [6.07, 6.45) is 2.28. The Labute approximate surface area is 117 Å². The van der Waals surface area contributed by atoms with Crippen LogP contribution in [0.4, 0.5) is 11.6 Å². The SMILES string of the molecule is COCC1CCCN(c2nc(N)c(Cl)cc2Cl)C1. The Morgan fingerprint density at radius 2 is 2.28 bits per heavy atom. The van der Waals surface area contributed by atoms with E-state index in [1.54, 1.807) is 13.2 Å². The van der Waals surface area contributed by atoms with Crippen LogP contribution in [0.3, 0.4) is 0 Å². The molecule has 100 valence electrons. The average Bonchev–Trinajstić information content (AvgIpc) is 2.34. The Bertz CT molecular complexity index is 426. The molecule has 6 heteroatoms. The van der Waals surface area contributed by atoms with Gasteiger partial charge in [0.15, 0.2) is 0 Å². The molecule has 0 radical (unpaired) electrons. The number of nitrogen functional groups attached to an aromatic ring is 1. The minimum atomic E-state index is 0.324. The van der Waals surface area contributed by atoms with Gasteiger partial charge in [0.25, 0.3) is 0 Å².